The summed E-state index contributed by atoms with van der Waals surface area (Å²) in [6.07, 6.45) is 1.38. The summed E-state index contributed by atoms with van der Waals surface area (Å²) >= 11 is 0. The molecule has 52 heavy (non-hydrogen) atoms. The fourth-order valence-corrected chi connectivity index (χ4v) is 7.12. The van der Waals surface area contributed by atoms with Crippen LogP contribution in [0.3, 0.4) is 0 Å². The van der Waals surface area contributed by atoms with E-state index in [2.05, 4.69) is 57.8 Å². The maximum absolute atomic E-state index is 12.5. The van der Waals surface area contributed by atoms with Gasteiger partial charge in [0.05, 0.1) is 0 Å². The SMILES string of the molecule is CCCc1nc(C(C)(C)O)c(C(=O)O)n1Cc1ccc(-c2ccccc2-c2nnnn2C(c2ccccc2)(c2ccccc2)c2ccccc2)cc1. The number of nitrogens with zero attached hydrogens (tertiary/aromatic N) is 6. The number of carboxylic acid groups (broad SMARTS) is 1. The van der Waals surface area contributed by atoms with Gasteiger partial charge in [-0.3, -0.25) is 0 Å². The molecule has 0 aliphatic rings. The summed E-state index contributed by atoms with van der Waals surface area (Å²) in [7, 11) is 0. The highest BCUT2D eigenvalue weighted by Crippen LogP contribution is 2.43. The first-order valence-corrected chi connectivity index (χ1v) is 17.4. The monoisotopic (exact) mass is 688 g/mol. The molecular formula is C43H40N6O3. The molecule has 0 aliphatic carbocycles. The average Bonchev–Trinajstić information content (AvgIpc) is 3.80. The summed E-state index contributed by atoms with van der Waals surface area (Å²) in [6.45, 7) is 5.45. The van der Waals surface area contributed by atoms with Crippen LogP contribution in [0.1, 0.15) is 71.5 Å². The normalized spacial score (nSPS) is 11.8. The maximum atomic E-state index is 12.5. The van der Waals surface area contributed by atoms with Crippen LogP contribution in [0.15, 0.2) is 140 Å². The van der Waals surface area contributed by atoms with Crippen molar-refractivity contribution in [2.24, 2.45) is 0 Å². The number of aryl methyl sites for hydroxylation is 1. The Bertz CT molecular complexity index is 2190. The maximum Gasteiger partial charge on any atom is 0.354 e. The molecule has 0 amide bonds. The molecule has 9 nitrogen and oxygen atoms in total. The molecule has 0 spiro atoms. The fourth-order valence-electron chi connectivity index (χ4n) is 7.12. The Labute approximate surface area is 302 Å². The zero-order valence-corrected chi connectivity index (χ0v) is 29.4. The molecule has 0 radical (unpaired) electrons. The van der Waals surface area contributed by atoms with Crippen LogP contribution in [0.5, 0.6) is 0 Å². The summed E-state index contributed by atoms with van der Waals surface area (Å²) in [5.41, 5.74) is 4.58. The van der Waals surface area contributed by atoms with Crippen molar-refractivity contribution in [1.82, 2.24) is 29.8 Å². The minimum absolute atomic E-state index is 0.0101. The Morgan fingerprint density at radius 1 is 0.712 bits per heavy atom. The van der Waals surface area contributed by atoms with Gasteiger partial charge in [-0.1, -0.05) is 146 Å². The third-order valence-corrected chi connectivity index (χ3v) is 9.44. The van der Waals surface area contributed by atoms with Crippen LogP contribution in [-0.4, -0.2) is 45.9 Å². The van der Waals surface area contributed by atoms with Crippen LogP contribution >= 0.6 is 0 Å². The molecule has 260 valence electrons. The standard InChI is InChI=1S/C43H40N6O3/c1-4-16-37-44-39(42(2,3)52)38(41(50)51)48(37)29-30-25-27-31(28-26-30)35-23-14-15-24-36(35)40-45-46-47-49(40)43(32-17-8-5-9-18-32,33-19-10-6-11-20-33)34-21-12-7-13-22-34/h5-15,17-28,52H,4,16,29H2,1-3H3,(H,50,51). The van der Waals surface area contributed by atoms with E-state index in [1.54, 1.807) is 18.4 Å². The summed E-state index contributed by atoms with van der Waals surface area (Å²) in [6, 6.07) is 47.1. The molecule has 0 saturated heterocycles. The van der Waals surface area contributed by atoms with Crippen molar-refractivity contribution in [1.29, 1.82) is 0 Å². The van der Waals surface area contributed by atoms with E-state index in [-0.39, 0.29) is 11.4 Å². The minimum atomic E-state index is -1.40. The molecule has 0 aliphatic heterocycles. The third kappa shape index (κ3) is 6.20. The molecule has 2 aromatic heterocycles. The number of aromatic carboxylic acids is 1. The van der Waals surface area contributed by atoms with Gasteiger partial charge in [0, 0.05) is 18.5 Å². The Morgan fingerprint density at radius 2 is 1.23 bits per heavy atom. The second kappa shape index (κ2) is 14.2. The first kappa shape index (κ1) is 34.3. The van der Waals surface area contributed by atoms with E-state index >= 15 is 0 Å². The van der Waals surface area contributed by atoms with E-state index in [4.69, 9.17) is 5.21 Å². The van der Waals surface area contributed by atoms with Crippen LogP contribution in [0.2, 0.25) is 0 Å². The molecule has 5 aromatic carbocycles. The molecule has 7 rings (SSSR count). The van der Waals surface area contributed by atoms with Crippen LogP contribution in [0.25, 0.3) is 22.5 Å². The van der Waals surface area contributed by atoms with Gasteiger partial charge in [-0.05, 0) is 64.1 Å². The highest BCUT2D eigenvalue weighted by atomic mass is 16.4. The summed E-state index contributed by atoms with van der Waals surface area (Å²) < 4.78 is 3.65. The van der Waals surface area contributed by atoms with Gasteiger partial charge in [-0.2, -0.15) is 0 Å². The van der Waals surface area contributed by atoms with Crippen molar-refractivity contribution >= 4 is 5.97 Å². The minimum Gasteiger partial charge on any atom is -0.477 e. The van der Waals surface area contributed by atoms with Gasteiger partial charge < -0.3 is 14.8 Å². The largest absolute Gasteiger partial charge is 0.477 e. The average molecular weight is 689 g/mol. The van der Waals surface area contributed by atoms with E-state index in [0.29, 0.717) is 24.6 Å². The van der Waals surface area contributed by atoms with E-state index < -0.39 is 17.1 Å². The lowest BCUT2D eigenvalue weighted by molar-refractivity contribution is 0.0602. The van der Waals surface area contributed by atoms with Crippen LogP contribution < -0.4 is 0 Å². The van der Waals surface area contributed by atoms with Crippen molar-refractivity contribution in [2.75, 3.05) is 0 Å². The molecule has 2 heterocycles. The van der Waals surface area contributed by atoms with Gasteiger partial charge in [-0.25, -0.2) is 14.5 Å². The lowest BCUT2D eigenvalue weighted by Gasteiger charge is -2.36. The van der Waals surface area contributed by atoms with Crippen molar-refractivity contribution in [2.45, 2.75) is 51.3 Å². The van der Waals surface area contributed by atoms with Crippen LogP contribution in [0.4, 0.5) is 0 Å². The number of aliphatic hydroxyl groups is 1. The van der Waals surface area contributed by atoms with Crippen molar-refractivity contribution in [3.05, 3.63) is 179 Å². The molecule has 0 bridgehead atoms. The molecule has 2 N–H and O–H groups in total. The van der Waals surface area contributed by atoms with Gasteiger partial charge in [0.1, 0.15) is 22.7 Å². The first-order valence-electron chi connectivity index (χ1n) is 17.4. The van der Waals surface area contributed by atoms with Gasteiger partial charge in [0.25, 0.3) is 0 Å². The Kier molecular flexibility index (Phi) is 9.36. The quantitative estimate of drug-likeness (QED) is 0.125. The predicted molar refractivity (Wildman–Crippen MR) is 201 cm³/mol. The third-order valence-electron chi connectivity index (χ3n) is 9.44. The predicted octanol–water partition coefficient (Wildman–Crippen LogP) is 7.97. The molecular weight excluding hydrogens is 649 g/mol. The lowest BCUT2D eigenvalue weighted by Crippen LogP contribution is -2.39. The topological polar surface area (TPSA) is 119 Å². The molecule has 9 heteroatoms. The van der Waals surface area contributed by atoms with Gasteiger partial charge in [-0.15, -0.1) is 5.10 Å². The molecule has 0 saturated carbocycles. The molecule has 0 fully saturated rings. The highest BCUT2D eigenvalue weighted by molar-refractivity contribution is 5.87. The zero-order chi connectivity index (χ0) is 36.3. The van der Waals surface area contributed by atoms with E-state index in [1.165, 1.54) is 0 Å². The van der Waals surface area contributed by atoms with Crippen molar-refractivity contribution in [3.8, 4) is 22.5 Å². The number of benzene rings is 5. The zero-order valence-electron chi connectivity index (χ0n) is 29.4. The number of rotatable bonds is 12. The summed E-state index contributed by atoms with van der Waals surface area (Å²) in [4.78, 5) is 17.1. The van der Waals surface area contributed by atoms with Crippen molar-refractivity contribution < 1.29 is 15.0 Å². The number of hydrogen-bond acceptors (Lipinski definition) is 6. The number of hydrogen-bond donors (Lipinski definition) is 2. The van der Waals surface area contributed by atoms with Gasteiger partial charge in [0.2, 0.25) is 0 Å². The number of imidazole rings is 1. The van der Waals surface area contributed by atoms with E-state index in [1.807, 2.05) is 109 Å². The highest BCUT2D eigenvalue weighted by Gasteiger charge is 2.42. The summed E-state index contributed by atoms with van der Waals surface area (Å²) in [5, 5.41) is 34.7. The van der Waals surface area contributed by atoms with Crippen LogP contribution in [0, 0.1) is 0 Å². The Morgan fingerprint density at radius 3 is 1.73 bits per heavy atom. The summed E-state index contributed by atoms with van der Waals surface area (Å²) in [5.74, 6) is 0.119. The molecule has 0 unspecified atom stereocenters. The van der Waals surface area contributed by atoms with Gasteiger partial charge >= 0.3 is 5.97 Å². The second-order valence-electron chi connectivity index (χ2n) is 13.4. The number of aromatic nitrogens is 6. The first-order chi connectivity index (χ1) is 25.2. The van der Waals surface area contributed by atoms with Gasteiger partial charge in [0.15, 0.2) is 11.5 Å². The van der Waals surface area contributed by atoms with Crippen molar-refractivity contribution in [3.63, 3.8) is 0 Å². The molecule has 7 aromatic rings. The number of tetrazole rings is 1. The van der Waals surface area contributed by atoms with E-state index in [9.17, 15) is 15.0 Å². The number of carboxylic acids is 1. The Hall–Kier alpha value is -6.19. The number of carbonyl (C=O) groups is 1. The van der Waals surface area contributed by atoms with E-state index in [0.717, 1.165) is 45.4 Å². The smallest absolute Gasteiger partial charge is 0.354 e. The second-order valence-corrected chi connectivity index (χ2v) is 13.4. The fraction of sp³-hybridized carbons (Fsp3) is 0.186. The molecule has 0 atom stereocenters. The lowest BCUT2D eigenvalue weighted by atomic mass is 9.77. The van der Waals surface area contributed by atoms with Crippen LogP contribution in [-0.2, 0) is 24.1 Å². The Balaban J connectivity index is 1.34.